The molecular weight excluding hydrogens is 333 g/mol. The van der Waals surface area contributed by atoms with Crippen molar-refractivity contribution in [1.29, 1.82) is 0 Å². The van der Waals surface area contributed by atoms with Gasteiger partial charge in [0.05, 0.1) is 5.56 Å². The fraction of sp³-hybridized carbons (Fsp3) is 0.391. The lowest BCUT2D eigenvalue weighted by Crippen LogP contribution is -2.12. The van der Waals surface area contributed by atoms with Crippen LogP contribution < -0.4 is 0 Å². The molecule has 1 fully saturated rings. The molecule has 0 aromatic heterocycles. The summed E-state index contributed by atoms with van der Waals surface area (Å²) < 4.78 is 37.7. The summed E-state index contributed by atoms with van der Waals surface area (Å²) in [5.74, 6) is 7.24. The lowest BCUT2D eigenvalue weighted by atomic mass is 9.79. The van der Waals surface area contributed by atoms with Crippen LogP contribution in [0.1, 0.15) is 60.8 Å². The van der Waals surface area contributed by atoms with Gasteiger partial charge in [-0.05, 0) is 73.4 Å². The van der Waals surface area contributed by atoms with Crippen LogP contribution in [0.3, 0.4) is 0 Å². The Morgan fingerprint density at radius 3 is 2.04 bits per heavy atom. The van der Waals surface area contributed by atoms with Crippen LogP contribution in [0.5, 0.6) is 0 Å². The molecule has 0 unspecified atom stereocenters. The van der Waals surface area contributed by atoms with Crippen molar-refractivity contribution in [1.82, 2.24) is 0 Å². The van der Waals surface area contributed by atoms with Crippen molar-refractivity contribution in [2.24, 2.45) is 5.92 Å². The third-order valence-corrected chi connectivity index (χ3v) is 5.22. The van der Waals surface area contributed by atoms with Crippen LogP contribution in [-0.2, 0) is 12.6 Å². The van der Waals surface area contributed by atoms with Crippen molar-refractivity contribution in [3.63, 3.8) is 0 Å². The zero-order valence-electron chi connectivity index (χ0n) is 14.9. The largest absolute Gasteiger partial charge is 0.416 e. The topological polar surface area (TPSA) is 0 Å². The Hall–Kier alpha value is -2.21. The molecule has 0 bridgehead atoms. The average Bonchev–Trinajstić information content (AvgIpc) is 2.66. The standard InChI is InChI=1S/C23H23F3/c1-2-17-5-11-20(12-6-17)21-13-7-18(8-14-21)3-4-19-9-15-22(16-10-19)23(24,25)26/h5-6,9-12,15-16,18,21H,2,7-8,13-14H2,1H3/t18-,21-. The minimum Gasteiger partial charge on any atom is -0.166 e. The molecule has 0 saturated heterocycles. The van der Waals surface area contributed by atoms with Crippen molar-refractivity contribution >= 4 is 0 Å². The number of rotatable bonds is 2. The summed E-state index contributed by atoms with van der Waals surface area (Å²) in [6.45, 7) is 2.16. The van der Waals surface area contributed by atoms with E-state index in [1.165, 1.54) is 23.3 Å². The average molecular weight is 356 g/mol. The molecule has 2 aromatic carbocycles. The predicted molar refractivity (Wildman–Crippen MR) is 98.8 cm³/mol. The fourth-order valence-corrected chi connectivity index (χ4v) is 3.52. The molecule has 136 valence electrons. The van der Waals surface area contributed by atoms with Crippen LogP contribution >= 0.6 is 0 Å². The summed E-state index contributed by atoms with van der Waals surface area (Å²) in [5, 5.41) is 0. The number of halogens is 3. The molecule has 0 aliphatic heterocycles. The summed E-state index contributed by atoms with van der Waals surface area (Å²) in [6.07, 6.45) is 1.11. The lowest BCUT2D eigenvalue weighted by Gasteiger charge is -2.26. The van der Waals surface area contributed by atoms with Crippen molar-refractivity contribution in [3.8, 4) is 11.8 Å². The molecule has 0 nitrogen and oxygen atoms in total. The molecule has 0 radical (unpaired) electrons. The van der Waals surface area contributed by atoms with Gasteiger partial charge >= 0.3 is 6.18 Å². The van der Waals surface area contributed by atoms with Gasteiger partial charge in [-0.1, -0.05) is 43.0 Å². The van der Waals surface area contributed by atoms with Crippen molar-refractivity contribution in [2.75, 3.05) is 0 Å². The van der Waals surface area contributed by atoms with Crippen LogP contribution in [0, 0.1) is 17.8 Å². The van der Waals surface area contributed by atoms with Crippen molar-refractivity contribution in [2.45, 2.75) is 51.1 Å². The third kappa shape index (κ3) is 4.69. The van der Waals surface area contributed by atoms with E-state index in [2.05, 4.69) is 43.0 Å². The zero-order valence-corrected chi connectivity index (χ0v) is 14.9. The van der Waals surface area contributed by atoms with E-state index < -0.39 is 11.7 Å². The Labute approximate surface area is 153 Å². The smallest absolute Gasteiger partial charge is 0.166 e. The Morgan fingerprint density at radius 2 is 1.50 bits per heavy atom. The minimum atomic E-state index is -4.29. The van der Waals surface area contributed by atoms with E-state index in [4.69, 9.17) is 0 Å². The van der Waals surface area contributed by atoms with E-state index in [-0.39, 0.29) is 0 Å². The molecule has 3 rings (SSSR count). The van der Waals surface area contributed by atoms with Gasteiger partial charge in [0.15, 0.2) is 0 Å². The summed E-state index contributed by atoms with van der Waals surface area (Å²) in [4.78, 5) is 0. The summed E-state index contributed by atoms with van der Waals surface area (Å²) >= 11 is 0. The molecule has 0 spiro atoms. The van der Waals surface area contributed by atoms with Gasteiger partial charge < -0.3 is 0 Å². The molecule has 0 atom stereocenters. The predicted octanol–water partition coefficient (Wildman–Crippen LogP) is 6.59. The molecule has 2 aromatic rings. The highest BCUT2D eigenvalue weighted by Crippen LogP contribution is 2.35. The molecule has 0 amide bonds. The van der Waals surface area contributed by atoms with Gasteiger partial charge in [0.1, 0.15) is 0 Å². The normalized spacial score (nSPS) is 20.3. The van der Waals surface area contributed by atoms with Crippen LogP contribution in [0.2, 0.25) is 0 Å². The van der Waals surface area contributed by atoms with Gasteiger partial charge in [-0.15, -0.1) is 0 Å². The second kappa shape index (κ2) is 7.99. The van der Waals surface area contributed by atoms with Crippen molar-refractivity contribution in [3.05, 3.63) is 70.8 Å². The minimum absolute atomic E-state index is 0.337. The summed E-state index contributed by atoms with van der Waals surface area (Å²) in [7, 11) is 0. The summed E-state index contributed by atoms with van der Waals surface area (Å²) in [6, 6.07) is 14.0. The monoisotopic (exact) mass is 356 g/mol. The van der Waals surface area contributed by atoms with Gasteiger partial charge in [0.2, 0.25) is 0 Å². The zero-order chi connectivity index (χ0) is 18.6. The first-order chi connectivity index (χ1) is 12.5. The van der Waals surface area contributed by atoms with Crippen LogP contribution in [-0.4, -0.2) is 0 Å². The van der Waals surface area contributed by atoms with Gasteiger partial charge in [-0.25, -0.2) is 0 Å². The number of benzene rings is 2. The second-order valence-corrected chi connectivity index (χ2v) is 6.99. The van der Waals surface area contributed by atoms with E-state index in [1.54, 1.807) is 0 Å². The van der Waals surface area contributed by atoms with E-state index in [1.807, 2.05) is 0 Å². The Kier molecular flexibility index (Phi) is 5.71. The molecule has 1 aliphatic rings. The number of hydrogen-bond donors (Lipinski definition) is 0. The molecule has 0 heterocycles. The molecule has 1 saturated carbocycles. The quantitative estimate of drug-likeness (QED) is 0.532. The Bertz CT molecular complexity index is 765. The maximum Gasteiger partial charge on any atom is 0.416 e. The Morgan fingerprint density at radius 1 is 0.885 bits per heavy atom. The molecule has 0 N–H and O–H groups in total. The lowest BCUT2D eigenvalue weighted by molar-refractivity contribution is -0.137. The molecule has 1 aliphatic carbocycles. The Balaban J connectivity index is 1.56. The van der Waals surface area contributed by atoms with Crippen LogP contribution in [0.25, 0.3) is 0 Å². The highest BCUT2D eigenvalue weighted by Gasteiger charge is 2.29. The fourth-order valence-electron chi connectivity index (χ4n) is 3.52. The molecule has 26 heavy (non-hydrogen) atoms. The number of hydrogen-bond acceptors (Lipinski definition) is 0. The van der Waals surface area contributed by atoms with E-state index in [0.29, 0.717) is 17.4 Å². The van der Waals surface area contributed by atoms with Crippen molar-refractivity contribution < 1.29 is 13.2 Å². The van der Waals surface area contributed by atoms with Gasteiger partial charge in [-0.2, -0.15) is 13.2 Å². The maximum atomic E-state index is 12.6. The number of aryl methyl sites for hydroxylation is 1. The van der Waals surface area contributed by atoms with Gasteiger partial charge in [-0.3, -0.25) is 0 Å². The van der Waals surface area contributed by atoms with E-state index >= 15 is 0 Å². The highest BCUT2D eigenvalue weighted by atomic mass is 19.4. The van der Waals surface area contributed by atoms with Gasteiger partial charge in [0.25, 0.3) is 0 Å². The van der Waals surface area contributed by atoms with E-state index in [0.717, 1.165) is 44.2 Å². The second-order valence-electron chi connectivity index (χ2n) is 6.99. The van der Waals surface area contributed by atoms with E-state index in [9.17, 15) is 13.2 Å². The maximum absolute atomic E-state index is 12.6. The van der Waals surface area contributed by atoms with Crippen LogP contribution in [0.15, 0.2) is 48.5 Å². The first-order valence-electron chi connectivity index (χ1n) is 9.23. The van der Waals surface area contributed by atoms with Crippen LogP contribution in [0.4, 0.5) is 13.2 Å². The SMILES string of the molecule is CCc1ccc([C@H]2CC[C@H](C#Cc3ccc(C(F)(F)F)cc3)CC2)cc1. The number of alkyl halides is 3. The van der Waals surface area contributed by atoms with Gasteiger partial charge in [0, 0.05) is 11.5 Å². The first-order valence-corrected chi connectivity index (χ1v) is 9.23. The third-order valence-electron chi connectivity index (χ3n) is 5.22. The molecular formula is C23H23F3. The summed E-state index contributed by atoms with van der Waals surface area (Å²) in [5.41, 5.74) is 2.80. The first kappa shape index (κ1) is 18.6. The highest BCUT2D eigenvalue weighted by molar-refractivity contribution is 5.37. The molecule has 3 heteroatoms.